The molecule has 0 aliphatic carbocycles. The number of anilines is 4. The second-order valence-corrected chi connectivity index (χ2v) is 8.67. The molecule has 14 heteroatoms. The molecule has 216 valence electrons. The first kappa shape index (κ1) is 30.7. The van der Waals surface area contributed by atoms with Crippen LogP contribution in [0.1, 0.15) is 18.2 Å². The standard InChI is InChI=1S/C26H27F3N6O3.CO2/c1-3-21-16(2)23(35-11-13-38-14-12-35)34-22(33-21)17-7-9-18(10-8-17)31-25(37)32-20-6-4-5-19(15-20)30-24(36)26(27,28)29;2-1-3/h4-10,15H,3,11-14H2,1-2H3,(H,30,36)(H2,31,32,37);. The molecule has 1 aliphatic rings. The van der Waals surface area contributed by atoms with E-state index in [0.717, 1.165) is 42.1 Å². The fraction of sp³-hybridized carbons (Fsp3) is 0.296. The number of carbonyl (C=O) groups is 2. The van der Waals surface area contributed by atoms with Crippen LogP contribution in [-0.4, -0.2) is 60.5 Å². The van der Waals surface area contributed by atoms with Crippen molar-refractivity contribution in [2.24, 2.45) is 0 Å². The third-order valence-electron chi connectivity index (χ3n) is 5.90. The zero-order valence-electron chi connectivity index (χ0n) is 22.2. The van der Waals surface area contributed by atoms with E-state index in [1.807, 2.05) is 13.8 Å². The van der Waals surface area contributed by atoms with Gasteiger partial charge in [0.25, 0.3) is 0 Å². The van der Waals surface area contributed by atoms with Crippen molar-refractivity contribution in [1.82, 2.24) is 9.97 Å². The van der Waals surface area contributed by atoms with Gasteiger partial charge in [-0.15, -0.1) is 0 Å². The zero-order chi connectivity index (χ0) is 30.0. The molecular formula is C27H27F3N6O5. The van der Waals surface area contributed by atoms with Crippen molar-refractivity contribution in [2.75, 3.05) is 47.2 Å². The largest absolute Gasteiger partial charge is 0.471 e. The highest BCUT2D eigenvalue weighted by molar-refractivity contribution is 6.01. The molecule has 11 nitrogen and oxygen atoms in total. The molecule has 1 aliphatic heterocycles. The number of urea groups is 1. The topological polar surface area (TPSA) is 143 Å². The van der Waals surface area contributed by atoms with Gasteiger partial charge in [-0.1, -0.05) is 13.0 Å². The Kier molecular flexibility index (Phi) is 10.5. The first-order valence-corrected chi connectivity index (χ1v) is 12.4. The van der Waals surface area contributed by atoms with Crippen molar-refractivity contribution in [3.63, 3.8) is 0 Å². The SMILES string of the molecule is CCc1nc(-c2ccc(NC(=O)Nc3cccc(NC(=O)C(F)(F)F)c3)cc2)nc(N2CCOCC2)c1C.O=C=O. The van der Waals surface area contributed by atoms with Gasteiger partial charge in [0, 0.05) is 47.0 Å². The minimum atomic E-state index is -5.02. The molecule has 0 radical (unpaired) electrons. The number of ether oxygens (including phenoxy) is 1. The van der Waals surface area contributed by atoms with Crippen LogP contribution in [-0.2, 0) is 25.5 Å². The number of hydrogen-bond acceptors (Lipinski definition) is 8. The summed E-state index contributed by atoms with van der Waals surface area (Å²) in [5, 5.41) is 6.95. The van der Waals surface area contributed by atoms with E-state index in [9.17, 15) is 22.8 Å². The Hall–Kier alpha value is -4.81. The number of aryl methyl sites for hydroxylation is 1. The van der Waals surface area contributed by atoms with Gasteiger partial charge in [0.1, 0.15) is 5.82 Å². The Morgan fingerprint density at radius 2 is 1.54 bits per heavy atom. The first-order valence-electron chi connectivity index (χ1n) is 12.4. The number of hydrogen-bond donors (Lipinski definition) is 3. The van der Waals surface area contributed by atoms with Crippen molar-refractivity contribution in [2.45, 2.75) is 26.4 Å². The molecule has 0 unspecified atom stereocenters. The molecule has 1 fully saturated rings. The number of amides is 3. The number of aromatic nitrogens is 2. The average molecular weight is 573 g/mol. The Balaban J connectivity index is 0.00000147. The molecule has 0 bridgehead atoms. The lowest BCUT2D eigenvalue weighted by atomic mass is 10.1. The average Bonchev–Trinajstić information content (AvgIpc) is 2.94. The van der Waals surface area contributed by atoms with Crippen LogP contribution >= 0.6 is 0 Å². The van der Waals surface area contributed by atoms with Crippen molar-refractivity contribution < 1.29 is 37.1 Å². The molecule has 1 aromatic heterocycles. The monoisotopic (exact) mass is 572 g/mol. The number of alkyl halides is 3. The Morgan fingerprint density at radius 1 is 0.951 bits per heavy atom. The third-order valence-corrected chi connectivity index (χ3v) is 5.90. The number of halogens is 3. The molecule has 2 heterocycles. The molecule has 41 heavy (non-hydrogen) atoms. The zero-order valence-corrected chi connectivity index (χ0v) is 22.2. The van der Waals surface area contributed by atoms with Crippen molar-refractivity contribution in [3.8, 4) is 11.4 Å². The molecule has 3 amide bonds. The lowest BCUT2D eigenvalue weighted by molar-refractivity contribution is -0.191. The van der Waals surface area contributed by atoms with Crippen LogP contribution in [0.25, 0.3) is 11.4 Å². The van der Waals surface area contributed by atoms with Crippen LogP contribution in [0.5, 0.6) is 0 Å². The van der Waals surface area contributed by atoms with E-state index in [1.165, 1.54) is 24.3 Å². The van der Waals surface area contributed by atoms with Gasteiger partial charge in [-0.25, -0.2) is 14.8 Å². The van der Waals surface area contributed by atoms with E-state index in [-0.39, 0.29) is 17.5 Å². The Morgan fingerprint density at radius 3 is 2.12 bits per heavy atom. The quantitative estimate of drug-likeness (QED) is 0.394. The molecule has 3 aromatic rings. The van der Waals surface area contributed by atoms with Gasteiger partial charge in [-0.2, -0.15) is 22.8 Å². The molecule has 0 saturated carbocycles. The predicted octanol–water partition coefficient (Wildman–Crippen LogP) is 4.41. The maximum Gasteiger partial charge on any atom is 0.471 e. The summed E-state index contributed by atoms with van der Waals surface area (Å²) < 4.78 is 42.9. The summed E-state index contributed by atoms with van der Waals surface area (Å²) >= 11 is 0. The van der Waals surface area contributed by atoms with Gasteiger partial charge in [0.05, 0.1) is 13.2 Å². The molecular weight excluding hydrogens is 545 g/mol. The predicted molar refractivity (Wildman–Crippen MR) is 143 cm³/mol. The van der Waals surface area contributed by atoms with E-state index in [1.54, 1.807) is 29.6 Å². The summed E-state index contributed by atoms with van der Waals surface area (Å²) in [6.45, 7) is 6.89. The summed E-state index contributed by atoms with van der Waals surface area (Å²) in [4.78, 5) is 51.6. The molecule has 0 spiro atoms. The number of nitrogens with zero attached hydrogens (tertiary/aromatic N) is 3. The Bertz CT molecular complexity index is 1400. The maximum atomic E-state index is 12.5. The summed E-state index contributed by atoms with van der Waals surface area (Å²) in [7, 11) is 0. The number of carbonyl (C=O) groups excluding carboxylic acids is 4. The highest BCUT2D eigenvalue weighted by Crippen LogP contribution is 2.27. The Labute approximate surface area is 233 Å². The van der Waals surface area contributed by atoms with Crippen LogP contribution in [0.4, 0.5) is 40.8 Å². The highest BCUT2D eigenvalue weighted by Gasteiger charge is 2.38. The number of morpholine rings is 1. The van der Waals surface area contributed by atoms with Crippen LogP contribution in [0.3, 0.4) is 0 Å². The van der Waals surface area contributed by atoms with Gasteiger partial charge in [-0.3, -0.25) is 4.79 Å². The van der Waals surface area contributed by atoms with Gasteiger partial charge in [0.15, 0.2) is 5.82 Å². The molecule has 4 rings (SSSR count). The van der Waals surface area contributed by atoms with E-state index in [4.69, 9.17) is 24.3 Å². The van der Waals surface area contributed by atoms with E-state index in [2.05, 4.69) is 15.5 Å². The normalized spacial score (nSPS) is 12.9. The second-order valence-electron chi connectivity index (χ2n) is 8.67. The number of rotatable bonds is 6. The van der Waals surface area contributed by atoms with E-state index < -0.39 is 18.1 Å². The summed E-state index contributed by atoms with van der Waals surface area (Å²) in [5.41, 5.74) is 3.39. The fourth-order valence-electron chi connectivity index (χ4n) is 3.98. The van der Waals surface area contributed by atoms with Crippen LogP contribution < -0.4 is 20.9 Å². The minimum absolute atomic E-state index is 0.101. The summed E-state index contributed by atoms with van der Waals surface area (Å²) in [6.07, 6.45) is -4.00. The third kappa shape index (κ3) is 8.59. The van der Waals surface area contributed by atoms with Crippen molar-refractivity contribution in [1.29, 1.82) is 0 Å². The first-order chi connectivity index (χ1) is 19.5. The van der Waals surface area contributed by atoms with E-state index >= 15 is 0 Å². The molecule has 2 aromatic carbocycles. The maximum absolute atomic E-state index is 12.5. The lowest BCUT2D eigenvalue weighted by Gasteiger charge is -2.29. The van der Waals surface area contributed by atoms with Gasteiger partial charge in [-0.05, 0) is 55.8 Å². The summed E-state index contributed by atoms with van der Waals surface area (Å²) in [6, 6.07) is 11.8. The van der Waals surface area contributed by atoms with Crippen LogP contribution in [0.15, 0.2) is 48.5 Å². The molecule has 0 atom stereocenters. The number of benzene rings is 2. The van der Waals surface area contributed by atoms with Crippen molar-refractivity contribution in [3.05, 3.63) is 59.8 Å². The molecule has 3 N–H and O–H groups in total. The highest BCUT2D eigenvalue weighted by atomic mass is 19.4. The van der Waals surface area contributed by atoms with Crippen molar-refractivity contribution >= 4 is 41.0 Å². The minimum Gasteiger partial charge on any atom is -0.378 e. The lowest BCUT2D eigenvalue weighted by Crippen LogP contribution is -2.37. The smallest absolute Gasteiger partial charge is 0.378 e. The summed E-state index contributed by atoms with van der Waals surface area (Å²) in [5.74, 6) is -0.618. The van der Waals surface area contributed by atoms with Gasteiger partial charge in [0.2, 0.25) is 0 Å². The van der Waals surface area contributed by atoms with Crippen LogP contribution in [0, 0.1) is 6.92 Å². The number of nitrogens with one attached hydrogen (secondary N) is 3. The second kappa shape index (κ2) is 14.0. The van der Waals surface area contributed by atoms with Gasteiger partial charge < -0.3 is 25.6 Å². The van der Waals surface area contributed by atoms with Gasteiger partial charge >= 0.3 is 24.3 Å². The fourth-order valence-corrected chi connectivity index (χ4v) is 3.98. The molecule has 1 saturated heterocycles. The van der Waals surface area contributed by atoms with Crippen LogP contribution in [0.2, 0.25) is 0 Å². The van der Waals surface area contributed by atoms with E-state index in [0.29, 0.717) is 24.7 Å².